The topological polar surface area (TPSA) is 97.5 Å². The first-order valence-electron chi connectivity index (χ1n) is 8.49. The first kappa shape index (κ1) is 14.4. The highest BCUT2D eigenvalue weighted by atomic mass is 16.1. The first-order valence-corrected chi connectivity index (χ1v) is 8.49. The molecule has 1 saturated heterocycles. The molecule has 0 radical (unpaired) electrons. The summed E-state index contributed by atoms with van der Waals surface area (Å²) in [6.07, 6.45) is 11.5. The second-order valence-electron chi connectivity index (χ2n) is 6.87. The van der Waals surface area contributed by atoms with Crippen molar-refractivity contribution in [2.45, 2.75) is 25.7 Å². The Hall–Kier alpha value is -2.97. The Morgan fingerprint density at radius 3 is 2.60 bits per heavy atom. The molecular weight excluding hydrogens is 320 g/mol. The molecule has 0 amide bonds. The molecule has 3 aromatic heterocycles. The van der Waals surface area contributed by atoms with Crippen LogP contribution in [0.3, 0.4) is 0 Å². The van der Waals surface area contributed by atoms with Gasteiger partial charge in [0, 0.05) is 19.2 Å². The molecule has 5 rings (SSSR count). The van der Waals surface area contributed by atoms with E-state index in [1.165, 1.54) is 47.6 Å². The molecule has 1 aliphatic heterocycles. The molecule has 2 aliphatic rings. The molecule has 1 saturated carbocycles. The molecule has 0 aromatic carbocycles. The van der Waals surface area contributed by atoms with Gasteiger partial charge in [0.2, 0.25) is 0 Å². The van der Waals surface area contributed by atoms with Gasteiger partial charge in [0.25, 0.3) is 5.56 Å². The zero-order chi connectivity index (χ0) is 16.9. The van der Waals surface area contributed by atoms with E-state index in [-0.39, 0.29) is 5.56 Å². The summed E-state index contributed by atoms with van der Waals surface area (Å²) >= 11 is 0. The molecule has 4 heterocycles. The highest BCUT2D eigenvalue weighted by molar-refractivity contribution is 5.44. The summed E-state index contributed by atoms with van der Waals surface area (Å²) in [5.74, 6) is 1.39. The van der Waals surface area contributed by atoms with E-state index < -0.39 is 0 Å². The second kappa shape index (κ2) is 5.27. The average molecular weight is 338 g/mol. The molecule has 3 aromatic rings. The van der Waals surface area contributed by atoms with Crippen molar-refractivity contribution < 1.29 is 0 Å². The SMILES string of the molecule is O=c1c(-n2ccnn2)c[nH]n1-c1cc(N2CCC3(CC2)CC3)ncn1. The van der Waals surface area contributed by atoms with Gasteiger partial charge >= 0.3 is 0 Å². The lowest BCUT2D eigenvalue weighted by molar-refractivity contribution is 0.383. The largest absolute Gasteiger partial charge is 0.356 e. The van der Waals surface area contributed by atoms with Gasteiger partial charge in [-0.05, 0) is 31.1 Å². The summed E-state index contributed by atoms with van der Waals surface area (Å²) in [5.41, 5.74) is 0.784. The maximum Gasteiger partial charge on any atom is 0.298 e. The van der Waals surface area contributed by atoms with Crippen LogP contribution < -0.4 is 10.5 Å². The van der Waals surface area contributed by atoms with E-state index in [0.29, 0.717) is 16.9 Å². The first-order chi connectivity index (χ1) is 12.2. The predicted molar refractivity (Wildman–Crippen MR) is 90.0 cm³/mol. The van der Waals surface area contributed by atoms with Crippen LogP contribution >= 0.6 is 0 Å². The van der Waals surface area contributed by atoms with Gasteiger partial charge in [-0.25, -0.2) is 14.6 Å². The van der Waals surface area contributed by atoms with Gasteiger partial charge in [0.1, 0.15) is 12.1 Å². The van der Waals surface area contributed by atoms with E-state index in [2.05, 4.69) is 30.3 Å². The van der Waals surface area contributed by atoms with Crippen LogP contribution in [0.2, 0.25) is 0 Å². The third-order valence-electron chi connectivity index (χ3n) is 5.39. The molecule has 0 unspecified atom stereocenters. The van der Waals surface area contributed by atoms with Crippen molar-refractivity contribution in [2.75, 3.05) is 18.0 Å². The highest BCUT2D eigenvalue weighted by Gasteiger charge is 2.44. The quantitative estimate of drug-likeness (QED) is 0.762. The van der Waals surface area contributed by atoms with Crippen molar-refractivity contribution in [1.29, 1.82) is 0 Å². The Morgan fingerprint density at radius 1 is 1.08 bits per heavy atom. The van der Waals surface area contributed by atoms with Crippen LogP contribution in [-0.2, 0) is 0 Å². The monoisotopic (exact) mass is 338 g/mol. The second-order valence-corrected chi connectivity index (χ2v) is 6.87. The molecule has 2 fully saturated rings. The van der Waals surface area contributed by atoms with E-state index in [9.17, 15) is 4.79 Å². The Labute approximate surface area is 143 Å². The van der Waals surface area contributed by atoms with E-state index >= 15 is 0 Å². The van der Waals surface area contributed by atoms with Gasteiger partial charge < -0.3 is 4.90 Å². The van der Waals surface area contributed by atoms with Crippen LogP contribution in [0.25, 0.3) is 11.5 Å². The van der Waals surface area contributed by atoms with Crippen molar-refractivity contribution in [3.63, 3.8) is 0 Å². The fourth-order valence-electron chi connectivity index (χ4n) is 3.55. The van der Waals surface area contributed by atoms with Gasteiger partial charge in [0.05, 0.1) is 18.6 Å². The Bertz CT molecular complexity index is 943. The highest BCUT2D eigenvalue weighted by Crippen LogP contribution is 2.53. The van der Waals surface area contributed by atoms with Crippen molar-refractivity contribution in [2.24, 2.45) is 5.41 Å². The van der Waals surface area contributed by atoms with Gasteiger partial charge in [0.15, 0.2) is 11.5 Å². The molecule has 1 N–H and O–H groups in total. The number of H-pyrrole nitrogens is 1. The van der Waals surface area contributed by atoms with Gasteiger partial charge in [-0.3, -0.25) is 9.89 Å². The Morgan fingerprint density at radius 2 is 1.88 bits per heavy atom. The molecular formula is C16H18N8O. The number of aromatic amines is 1. The predicted octanol–water partition coefficient (Wildman–Crippen LogP) is 0.917. The number of piperidine rings is 1. The molecule has 9 nitrogen and oxygen atoms in total. The van der Waals surface area contributed by atoms with Crippen LogP contribution in [0, 0.1) is 5.41 Å². The molecule has 0 atom stereocenters. The van der Waals surface area contributed by atoms with Crippen molar-refractivity contribution in [3.05, 3.63) is 41.3 Å². The standard InChI is InChI=1S/C16H18N8O/c25-15-12(23-8-5-19-21-23)10-20-24(15)14-9-13(17-11-18-14)22-6-3-16(1-2-16)4-7-22/h5,8-11,20H,1-4,6-7H2. The number of hydrogen-bond acceptors (Lipinski definition) is 6. The van der Waals surface area contributed by atoms with E-state index in [1.54, 1.807) is 12.4 Å². The minimum Gasteiger partial charge on any atom is -0.356 e. The lowest BCUT2D eigenvalue weighted by Gasteiger charge is -2.32. The molecule has 0 bridgehead atoms. The molecule has 128 valence electrons. The fourth-order valence-corrected chi connectivity index (χ4v) is 3.55. The number of hydrogen-bond donors (Lipinski definition) is 1. The Kier molecular flexibility index (Phi) is 3.03. The zero-order valence-electron chi connectivity index (χ0n) is 13.7. The summed E-state index contributed by atoms with van der Waals surface area (Å²) in [4.78, 5) is 23.5. The summed E-state index contributed by atoms with van der Waals surface area (Å²) in [6.45, 7) is 2.03. The van der Waals surface area contributed by atoms with Crippen LogP contribution in [0.15, 0.2) is 35.8 Å². The third-order valence-corrected chi connectivity index (χ3v) is 5.39. The van der Waals surface area contributed by atoms with E-state index in [1.807, 2.05) is 6.07 Å². The van der Waals surface area contributed by atoms with Crippen LogP contribution in [0.4, 0.5) is 5.82 Å². The average Bonchev–Trinajstić information content (AvgIpc) is 3.04. The lowest BCUT2D eigenvalue weighted by atomic mass is 9.94. The van der Waals surface area contributed by atoms with Crippen molar-refractivity contribution in [1.82, 2.24) is 34.7 Å². The third kappa shape index (κ3) is 2.43. The molecule has 1 spiro atoms. The molecule has 9 heteroatoms. The minimum absolute atomic E-state index is 0.231. The number of rotatable bonds is 3. The smallest absolute Gasteiger partial charge is 0.298 e. The number of nitrogens with zero attached hydrogens (tertiary/aromatic N) is 7. The molecule has 25 heavy (non-hydrogen) atoms. The van der Waals surface area contributed by atoms with Crippen LogP contribution in [-0.4, -0.2) is 47.8 Å². The summed E-state index contributed by atoms with van der Waals surface area (Å²) < 4.78 is 2.83. The summed E-state index contributed by atoms with van der Waals surface area (Å²) in [5, 5.41) is 10.5. The van der Waals surface area contributed by atoms with Crippen molar-refractivity contribution in [3.8, 4) is 11.5 Å². The van der Waals surface area contributed by atoms with E-state index in [0.717, 1.165) is 18.9 Å². The Balaban J connectivity index is 1.44. The number of anilines is 1. The minimum atomic E-state index is -0.231. The van der Waals surface area contributed by atoms with Crippen LogP contribution in [0.5, 0.6) is 0 Å². The molecule has 1 aliphatic carbocycles. The van der Waals surface area contributed by atoms with Crippen molar-refractivity contribution >= 4 is 5.82 Å². The lowest BCUT2D eigenvalue weighted by Crippen LogP contribution is -2.35. The van der Waals surface area contributed by atoms with Gasteiger partial charge in [-0.2, -0.15) is 4.68 Å². The summed E-state index contributed by atoms with van der Waals surface area (Å²) in [6, 6.07) is 1.86. The number of nitrogens with one attached hydrogen (secondary N) is 1. The fraction of sp³-hybridized carbons (Fsp3) is 0.438. The zero-order valence-corrected chi connectivity index (χ0v) is 13.7. The van der Waals surface area contributed by atoms with Gasteiger partial charge in [-0.15, -0.1) is 5.10 Å². The van der Waals surface area contributed by atoms with Crippen LogP contribution in [0.1, 0.15) is 25.7 Å². The van der Waals surface area contributed by atoms with Gasteiger partial charge in [-0.1, -0.05) is 5.21 Å². The maximum atomic E-state index is 12.6. The normalized spacial score (nSPS) is 18.6. The summed E-state index contributed by atoms with van der Waals surface area (Å²) in [7, 11) is 0. The van der Waals surface area contributed by atoms with E-state index in [4.69, 9.17) is 0 Å². The number of aromatic nitrogens is 7. The maximum absolute atomic E-state index is 12.6.